The SMILES string of the molecule is CCC[C@@H]1c2c(cccc2OC)C[C@H]2COC(=O)N21. The molecular formula is C15H19NO3. The van der Waals surface area contributed by atoms with Gasteiger partial charge in [0.1, 0.15) is 12.4 Å². The zero-order chi connectivity index (χ0) is 13.4. The van der Waals surface area contributed by atoms with Gasteiger partial charge >= 0.3 is 6.09 Å². The van der Waals surface area contributed by atoms with Crippen LogP contribution in [0.3, 0.4) is 0 Å². The van der Waals surface area contributed by atoms with Gasteiger partial charge in [0.25, 0.3) is 0 Å². The lowest BCUT2D eigenvalue weighted by Crippen LogP contribution is -2.42. The van der Waals surface area contributed by atoms with Crippen LogP contribution in [-0.2, 0) is 11.2 Å². The summed E-state index contributed by atoms with van der Waals surface area (Å²) in [6, 6.07) is 6.41. The van der Waals surface area contributed by atoms with Gasteiger partial charge in [0.05, 0.1) is 19.2 Å². The molecule has 1 aromatic rings. The van der Waals surface area contributed by atoms with Gasteiger partial charge in [0, 0.05) is 5.56 Å². The van der Waals surface area contributed by atoms with E-state index in [1.54, 1.807) is 7.11 Å². The normalized spacial score (nSPS) is 24.7. The predicted molar refractivity (Wildman–Crippen MR) is 71.3 cm³/mol. The molecule has 1 fully saturated rings. The van der Waals surface area contributed by atoms with Crippen molar-refractivity contribution in [2.45, 2.75) is 38.3 Å². The summed E-state index contributed by atoms with van der Waals surface area (Å²) in [7, 11) is 1.69. The first-order valence-corrected chi connectivity index (χ1v) is 6.87. The minimum absolute atomic E-state index is 0.0879. The fourth-order valence-electron chi connectivity index (χ4n) is 3.28. The van der Waals surface area contributed by atoms with E-state index >= 15 is 0 Å². The summed E-state index contributed by atoms with van der Waals surface area (Å²) < 4.78 is 10.7. The zero-order valence-electron chi connectivity index (χ0n) is 11.4. The zero-order valence-corrected chi connectivity index (χ0v) is 11.4. The van der Waals surface area contributed by atoms with Crippen molar-refractivity contribution in [2.75, 3.05) is 13.7 Å². The number of fused-ring (bicyclic) bond motifs is 2. The number of ether oxygens (including phenoxy) is 2. The molecule has 0 aliphatic carbocycles. The highest BCUT2D eigenvalue weighted by molar-refractivity contribution is 5.72. The van der Waals surface area contributed by atoms with Crippen LogP contribution in [0.1, 0.15) is 36.9 Å². The molecular weight excluding hydrogens is 242 g/mol. The number of rotatable bonds is 3. The first-order chi connectivity index (χ1) is 9.26. The van der Waals surface area contributed by atoms with E-state index in [-0.39, 0.29) is 18.2 Å². The fraction of sp³-hybridized carbons (Fsp3) is 0.533. The number of cyclic esters (lactones) is 1. The number of hydrogen-bond acceptors (Lipinski definition) is 3. The maximum absolute atomic E-state index is 12.0. The van der Waals surface area contributed by atoms with Gasteiger partial charge in [0.2, 0.25) is 0 Å². The lowest BCUT2D eigenvalue weighted by Gasteiger charge is -2.37. The highest BCUT2D eigenvalue weighted by Crippen LogP contribution is 2.43. The molecule has 4 heteroatoms. The molecule has 2 atom stereocenters. The van der Waals surface area contributed by atoms with Crippen molar-refractivity contribution in [3.05, 3.63) is 29.3 Å². The van der Waals surface area contributed by atoms with Crippen molar-refractivity contribution in [3.63, 3.8) is 0 Å². The second-order valence-electron chi connectivity index (χ2n) is 5.18. The Morgan fingerprint density at radius 3 is 3.05 bits per heavy atom. The second-order valence-corrected chi connectivity index (χ2v) is 5.18. The van der Waals surface area contributed by atoms with Gasteiger partial charge in [-0.1, -0.05) is 25.5 Å². The summed E-state index contributed by atoms with van der Waals surface area (Å²) in [4.78, 5) is 13.9. The van der Waals surface area contributed by atoms with Gasteiger partial charge < -0.3 is 9.47 Å². The Kier molecular flexibility index (Phi) is 3.09. The number of amides is 1. The second kappa shape index (κ2) is 4.76. The molecule has 4 nitrogen and oxygen atoms in total. The molecule has 1 aromatic carbocycles. The van der Waals surface area contributed by atoms with Crippen LogP contribution in [0.2, 0.25) is 0 Å². The molecule has 0 bridgehead atoms. The van der Waals surface area contributed by atoms with E-state index in [0.29, 0.717) is 6.61 Å². The van der Waals surface area contributed by atoms with E-state index in [9.17, 15) is 4.79 Å². The summed E-state index contributed by atoms with van der Waals surface area (Å²) in [6.45, 7) is 2.65. The molecule has 2 aliphatic rings. The van der Waals surface area contributed by atoms with E-state index < -0.39 is 0 Å². The van der Waals surface area contributed by atoms with E-state index in [1.807, 2.05) is 17.0 Å². The monoisotopic (exact) mass is 261 g/mol. The Balaban J connectivity index is 2.09. The molecule has 0 spiro atoms. The summed E-state index contributed by atoms with van der Waals surface area (Å²) in [5.74, 6) is 0.883. The quantitative estimate of drug-likeness (QED) is 0.839. The van der Waals surface area contributed by atoms with Crippen molar-refractivity contribution in [3.8, 4) is 5.75 Å². The van der Waals surface area contributed by atoms with Crippen LogP contribution in [0.4, 0.5) is 4.79 Å². The molecule has 2 heterocycles. The molecule has 1 saturated heterocycles. The fourth-order valence-corrected chi connectivity index (χ4v) is 3.28. The molecule has 2 aliphatic heterocycles. The van der Waals surface area contributed by atoms with Gasteiger partial charge in [-0.25, -0.2) is 4.79 Å². The number of methoxy groups -OCH3 is 1. The largest absolute Gasteiger partial charge is 0.496 e. The van der Waals surface area contributed by atoms with Crippen molar-refractivity contribution in [1.82, 2.24) is 4.90 Å². The standard InChI is InChI=1S/C15H19NO3/c1-3-5-12-14-10(6-4-7-13(14)18-2)8-11-9-19-15(17)16(11)12/h4,6-7,11-12H,3,5,8-9H2,1-2H3/t11-,12+/m0/s1. The van der Waals surface area contributed by atoms with Gasteiger partial charge in [-0.05, 0) is 24.5 Å². The van der Waals surface area contributed by atoms with Crippen molar-refractivity contribution in [1.29, 1.82) is 0 Å². The Morgan fingerprint density at radius 2 is 2.32 bits per heavy atom. The summed E-state index contributed by atoms with van der Waals surface area (Å²) in [5, 5.41) is 0. The molecule has 0 radical (unpaired) electrons. The maximum Gasteiger partial charge on any atom is 0.410 e. The first kappa shape index (κ1) is 12.3. The molecule has 19 heavy (non-hydrogen) atoms. The number of nitrogens with zero attached hydrogens (tertiary/aromatic N) is 1. The average Bonchev–Trinajstić information content (AvgIpc) is 2.79. The molecule has 3 rings (SSSR count). The van der Waals surface area contributed by atoms with E-state index in [0.717, 1.165) is 25.0 Å². The molecule has 1 amide bonds. The van der Waals surface area contributed by atoms with Crippen molar-refractivity contribution in [2.24, 2.45) is 0 Å². The topological polar surface area (TPSA) is 38.8 Å². The van der Waals surface area contributed by atoms with Crippen LogP contribution in [0.15, 0.2) is 18.2 Å². The van der Waals surface area contributed by atoms with Gasteiger partial charge in [-0.3, -0.25) is 4.90 Å². The number of carbonyl (C=O) groups excluding carboxylic acids is 1. The number of hydrogen-bond donors (Lipinski definition) is 0. The Bertz CT molecular complexity index is 500. The van der Waals surface area contributed by atoms with Crippen LogP contribution in [0.5, 0.6) is 5.75 Å². The number of carbonyl (C=O) groups is 1. The van der Waals surface area contributed by atoms with Crippen LogP contribution >= 0.6 is 0 Å². The predicted octanol–water partition coefficient (Wildman–Crippen LogP) is 2.91. The molecule has 0 N–H and O–H groups in total. The summed E-state index contributed by atoms with van der Waals surface area (Å²) in [6.07, 6.45) is 2.65. The maximum atomic E-state index is 12.0. The first-order valence-electron chi connectivity index (χ1n) is 6.87. The van der Waals surface area contributed by atoms with Crippen LogP contribution < -0.4 is 4.74 Å². The third-order valence-corrected chi connectivity index (χ3v) is 4.07. The highest BCUT2D eigenvalue weighted by atomic mass is 16.6. The smallest absolute Gasteiger partial charge is 0.410 e. The Morgan fingerprint density at radius 1 is 1.47 bits per heavy atom. The molecule has 0 saturated carbocycles. The van der Waals surface area contributed by atoms with Crippen molar-refractivity contribution < 1.29 is 14.3 Å². The average molecular weight is 261 g/mol. The van der Waals surface area contributed by atoms with Crippen LogP contribution in [0.25, 0.3) is 0 Å². The van der Waals surface area contributed by atoms with E-state index in [2.05, 4.69) is 13.0 Å². The van der Waals surface area contributed by atoms with Crippen LogP contribution in [-0.4, -0.2) is 30.8 Å². The summed E-state index contributed by atoms with van der Waals surface area (Å²) in [5.41, 5.74) is 2.46. The number of benzene rings is 1. The summed E-state index contributed by atoms with van der Waals surface area (Å²) >= 11 is 0. The molecule has 102 valence electrons. The third kappa shape index (κ3) is 1.86. The lowest BCUT2D eigenvalue weighted by molar-refractivity contribution is 0.136. The molecule has 0 unspecified atom stereocenters. The Hall–Kier alpha value is -1.71. The van der Waals surface area contributed by atoms with E-state index in [1.165, 1.54) is 11.1 Å². The van der Waals surface area contributed by atoms with Crippen molar-refractivity contribution >= 4 is 6.09 Å². The van der Waals surface area contributed by atoms with Gasteiger partial charge in [-0.2, -0.15) is 0 Å². The highest BCUT2D eigenvalue weighted by Gasteiger charge is 2.43. The third-order valence-electron chi connectivity index (χ3n) is 4.07. The van der Waals surface area contributed by atoms with Gasteiger partial charge in [-0.15, -0.1) is 0 Å². The Labute approximate surface area is 113 Å². The lowest BCUT2D eigenvalue weighted by atomic mass is 9.86. The van der Waals surface area contributed by atoms with Gasteiger partial charge in [0.15, 0.2) is 0 Å². The molecule has 0 aromatic heterocycles. The van der Waals surface area contributed by atoms with Crippen LogP contribution in [0, 0.1) is 0 Å². The minimum atomic E-state index is -0.181. The van der Waals surface area contributed by atoms with E-state index in [4.69, 9.17) is 9.47 Å². The minimum Gasteiger partial charge on any atom is -0.496 e.